The predicted octanol–water partition coefficient (Wildman–Crippen LogP) is 5.08. The van der Waals surface area contributed by atoms with Gasteiger partial charge in [0.15, 0.2) is 17.3 Å². The van der Waals surface area contributed by atoms with E-state index in [-0.39, 0.29) is 57.2 Å². The van der Waals surface area contributed by atoms with Crippen molar-refractivity contribution < 1.29 is 32.3 Å². The average molecular weight is 486 g/mol. The zero-order valence-electron chi connectivity index (χ0n) is 17.3. The van der Waals surface area contributed by atoms with E-state index in [1.54, 1.807) is 12.1 Å². The molecule has 34 heavy (non-hydrogen) atoms. The van der Waals surface area contributed by atoms with Crippen molar-refractivity contribution in [2.45, 2.75) is 12.6 Å². The van der Waals surface area contributed by atoms with E-state index < -0.39 is 29.2 Å². The number of Topliss-reactive ketones (excluding diaryl/α,β-unsaturated/α-hetero) is 1. The summed E-state index contributed by atoms with van der Waals surface area (Å²) < 4.78 is 38.6. The number of halogens is 4. The number of fused-ring (bicyclic) bond motifs is 2. The number of anilines is 1. The van der Waals surface area contributed by atoms with Gasteiger partial charge in [0.25, 0.3) is 5.91 Å². The molecule has 1 N–H and O–H groups in total. The first-order valence-corrected chi connectivity index (χ1v) is 10.6. The molecule has 172 valence electrons. The summed E-state index contributed by atoms with van der Waals surface area (Å²) in [6, 6.07) is 12.6. The monoisotopic (exact) mass is 485 g/mol. The third-order valence-electron chi connectivity index (χ3n) is 5.43. The molecule has 3 aromatic rings. The summed E-state index contributed by atoms with van der Waals surface area (Å²) >= 11 is 5.62. The minimum Gasteiger partial charge on any atom is -0.321 e. The maximum absolute atomic E-state index is 13.3. The number of hydrogen-bond donors (Lipinski definition) is 1. The van der Waals surface area contributed by atoms with Gasteiger partial charge in [0.05, 0.1) is 22.7 Å². The third-order valence-corrected chi connectivity index (χ3v) is 5.73. The zero-order chi connectivity index (χ0) is 24.6. The Morgan fingerprint density at radius 3 is 2.03 bits per heavy atom. The molecule has 1 amide bonds. The second-order valence-electron chi connectivity index (χ2n) is 7.60. The second kappa shape index (κ2) is 8.87. The van der Waals surface area contributed by atoms with Crippen molar-refractivity contribution in [3.63, 3.8) is 0 Å². The first-order chi connectivity index (χ1) is 16.1. The van der Waals surface area contributed by atoms with Gasteiger partial charge in [0.1, 0.15) is 0 Å². The number of carbonyl (C=O) groups is 4. The Morgan fingerprint density at radius 1 is 0.824 bits per heavy atom. The lowest BCUT2D eigenvalue weighted by Crippen LogP contribution is -2.25. The fraction of sp³-hybridized carbons (Fsp3) is 0.120. The van der Waals surface area contributed by atoms with E-state index in [0.29, 0.717) is 0 Å². The van der Waals surface area contributed by atoms with Gasteiger partial charge in [0, 0.05) is 28.7 Å². The van der Waals surface area contributed by atoms with Gasteiger partial charge < -0.3 is 5.32 Å². The van der Waals surface area contributed by atoms with Crippen LogP contribution in [-0.4, -0.2) is 29.1 Å². The van der Waals surface area contributed by atoms with Gasteiger partial charge in [-0.15, -0.1) is 11.6 Å². The normalized spacial score (nSPS) is 12.7. The van der Waals surface area contributed by atoms with E-state index in [0.717, 1.165) is 24.3 Å². The van der Waals surface area contributed by atoms with E-state index in [9.17, 15) is 32.3 Å². The van der Waals surface area contributed by atoms with Crippen LogP contribution in [0.3, 0.4) is 0 Å². The van der Waals surface area contributed by atoms with Crippen molar-refractivity contribution in [3.05, 3.63) is 99.6 Å². The van der Waals surface area contributed by atoms with Crippen LogP contribution in [0.5, 0.6) is 0 Å². The van der Waals surface area contributed by atoms with Gasteiger partial charge in [0.2, 0.25) is 0 Å². The Balaban J connectivity index is 1.80. The molecule has 0 atom stereocenters. The molecule has 0 aliphatic heterocycles. The average Bonchev–Trinajstić information content (AvgIpc) is 2.82. The van der Waals surface area contributed by atoms with Crippen LogP contribution >= 0.6 is 11.6 Å². The quantitative estimate of drug-likeness (QED) is 0.400. The first-order valence-electron chi connectivity index (χ1n) is 10.0. The van der Waals surface area contributed by atoms with Gasteiger partial charge >= 0.3 is 6.18 Å². The number of hydrogen-bond acceptors (Lipinski definition) is 4. The molecule has 1 aliphatic rings. The van der Waals surface area contributed by atoms with E-state index in [1.165, 1.54) is 24.3 Å². The van der Waals surface area contributed by atoms with Crippen molar-refractivity contribution >= 4 is 40.5 Å². The van der Waals surface area contributed by atoms with Crippen LogP contribution in [0, 0.1) is 0 Å². The lowest BCUT2D eigenvalue weighted by atomic mass is 9.81. The minimum absolute atomic E-state index is 0.0475. The van der Waals surface area contributed by atoms with Crippen molar-refractivity contribution in [1.29, 1.82) is 0 Å². The van der Waals surface area contributed by atoms with Crippen molar-refractivity contribution in [3.8, 4) is 0 Å². The van der Waals surface area contributed by atoms with E-state index in [1.807, 2.05) is 0 Å². The largest absolute Gasteiger partial charge is 0.416 e. The molecule has 0 heterocycles. The lowest BCUT2D eigenvalue weighted by Gasteiger charge is -2.22. The highest BCUT2D eigenvalue weighted by Gasteiger charge is 2.34. The molecular weight excluding hydrogens is 471 g/mol. The van der Waals surface area contributed by atoms with Crippen LogP contribution in [-0.2, 0) is 17.4 Å². The van der Waals surface area contributed by atoms with Crippen LogP contribution in [0.25, 0.3) is 0 Å². The highest BCUT2D eigenvalue weighted by atomic mass is 35.5. The summed E-state index contributed by atoms with van der Waals surface area (Å²) in [5, 5.41) is 2.54. The summed E-state index contributed by atoms with van der Waals surface area (Å²) in [7, 11) is 0. The maximum Gasteiger partial charge on any atom is 0.416 e. The number of amides is 1. The molecule has 9 heteroatoms. The van der Waals surface area contributed by atoms with Crippen LogP contribution in [0.15, 0.2) is 60.7 Å². The number of carbonyl (C=O) groups excluding carboxylic acids is 4. The molecule has 1 aliphatic carbocycles. The third kappa shape index (κ3) is 4.24. The molecule has 4 rings (SSSR count). The fourth-order valence-electron chi connectivity index (χ4n) is 3.78. The SMILES string of the molecule is O=C(CCl)Cc1ccc2c(c1NC(=O)c1ccc(C(F)(F)F)cc1)C(=O)c1ccccc1C2=O. The van der Waals surface area contributed by atoms with Crippen LogP contribution in [0.2, 0.25) is 0 Å². The van der Waals surface area contributed by atoms with E-state index in [4.69, 9.17) is 11.6 Å². The Kier molecular flexibility index (Phi) is 6.10. The Bertz CT molecular complexity index is 1350. The minimum atomic E-state index is -4.57. The second-order valence-corrected chi connectivity index (χ2v) is 7.87. The number of benzene rings is 3. The van der Waals surface area contributed by atoms with Crippen LogP contribution in [0.1, 0.15) is 53.3 Å². The Labute approximate surface area is 196 Å². The molecule has 5 nitrogen and oxygen atoms in total. The molecule has 0 radical (unpaired) electrons. The summed E-state index contributed by atoms with van der Waals surface area (Å²) in [5.74, 6) is -2.44. The Morgan fingerprint density at radius 2 is 1.44 bits per heavy atom. The number of nitrogens with one attached hydrogen (secondary N) is 1. The molecule has 0 bridgehead atoms. The predicted molar refractivity (Wildman–Crippen MR) is 119 cm³/mol. The van der Waals surface area contributed by atoms with Gasteiger partial charge in [-0.3, -0.25) is 19.2 Å². The lowest BCUT2D eigenvalue weighted by molar-refractivity contribution is -0.137. The fourth-order valence-corrected chi connectivity index (χ4v) is 3.87. The summed E-state index contributed by atoms with van der Waals surface area (Å²) in [4.78, 5) is 51.3. The van der Waals surface area contributed by atoms with Crippen LogP contribution in [0.4, 0.5) is 18.9 Å². The highest BCUT2D eigenvalue weighted by Crippen LogP contribution is 2.35. The summed E-state index contributed by atoms with van der Waals surface area (Å²) in [6.07, 6.45) is -4.79. The van der Waals surface area contributed by atoms with Crippen molar-refractivity contribution in [2.24, 2.45) is 0 Å². The highest BCUT2D eigenvalue weighted by molar-refractivity contribution is 6.31. The summed E-state index contributed by atoms with van der Waals surface area (Å²) in [6.45, 7) is 0. The van der Waals surface area contributed by atoms with Crippen LogP contribution < -0.4 is 5.32 Å². The maximum atomic E-state index is 13.3. The molecule has 0 unspecified atom stereocenters. The van der Waals surface area contributed by atoms with E-state index in [2.05, 4.69) is 5.32 Å². The standard InChI is InChI=1S/C25H15ClF3NO4/c26-12-16(31)11-14-7-10-19-20(23(33)18-4-2-1-3-17(18)22(19)32)21(14)30-24(34)13-5-8-15(9-6-13)25(27,28)29/h1-10H,11-12H2,(H,30,34). The molecule has 0 saturated heterocycles. The molecule has 0 aromatic heterocycles. The zero-order valence-corrected chi connectivity index (χ0v) is 18.1. The molecule has 0 fully saturated rings. The van der Waals surface area contributed by atoms with Gasteiger partial charge in [-0.1, -0.05) is 30.3 Å². The van der Waals surface area contributed by atoms with Gasteiger partial charge in [-0.2, -0.15) is 13.2 Å². The van der Waals surface area contributed by atoms with Crippen molar-refractivity contribution in [1.82, 2.24) is 0 Å². The number of alkyl halides is 4. The van der Waals surface area contributed by atoms with Gasteiger partial charge in [-0.05, 0) is 35.9 Å². The molecule has 0 saturated carbocycles. The van der Waals surface area contributed by atoms with Gasteiger partial charge in [-0.25, -0.2) is 0 Å². The number of ketones is 3. The molecule has 0 spiro atoms. The molecular formula is C25H15ClF3NO4. The molecule has 3 aromatic carbocycles. The number of rotatable bonds is 5. The Hall–Kier alpha value is -3.78. The first kappa shape index (κ1) is 23.4. The van der Waals surface area contributed by atoms with Crippen molar-refractivity contribution in [2.75, 3.05) is 11.2 Å². The van der Waals surface area contributed by atoms with E-state index >= 15 is 0 Å². The smallest absolute Gasteiger partial charge is 0.321 e. The topological polar surface area (TPSA) is 80.3 Å². The summed E-state index contributed by atoms with van der Waals surface area (Å²) in [5.41, 5.74) is -0.492.